The molecule has 2 amide bonds. The largest absolute Gasteiger partial charge is 0.347 e. The van der Waals surface area contributed by atoms with Crippen molar-refractivity contribution in [3.63, 3.8) is 0 Å². The molecule has 0 aromatic heterocycles. The third kappa shape index (κ3) is 3.57. The van der Waals surface area contributed by atoms with Crippen LogP contribution in [0.5, 0.6) is 0 Å². The number of hydrogen-bond donors (Lipinski definition) is 1. The van der Waals surface area contributed by atoms with Gasteiger partial charge < -0.3 is 10.2 Å². The van der Waals surface area contributed by atoms with Gasteiger partial charge in [0.05, 0.1) is 0 Å². The lowest BCUT2D eigenvalue weighted by Gasteiger charge is -2.18. The van der Waals surface area contributed by atoms with Crippen molar-refractivity contribution >= 4 is 22.9 Å². The van der Waals surface area contributed by atoms with Gasteiger partial charge in [0.25, 0.3) is 0 Å². The van der Waals surface area contributed by atoms with Crippen LogP contribution >= 0.6 is 11.6 Å². The first kappa shape index (κ1) is 11.2. The summed E-state index contributed by atoms with van der Waals surface area (Å²) >= 11 is 5.08. The molecular weight excluding hydrogens is 180 g/mol. The summed E-state index contributed by atoms with van der Waals surface area (Å²) in [5, 5.41) is 1.65. The van der Waals surface area contributed by atoms with E-state index in [4.69, 9.17) is 11.6 Å². The number of hydrogen-bond acceptors (Lipinski definition) is 2. The van der Waals surface area contributed by atoms with Crippen LogP contribution < -0.4 is 5.32 Å². The second kappa shape index (κ2) is 4.98. The molecule has 0 aliphatic rings. The molecule has 0 aromatic rings. The van der Waals surface area contributed by atoms with Crippen LogP contribution in [0.3, 0.4) is 0 Å². The number of carbonyl (C=O) groups is 2. The smallest absolute Gasteiger partial charge is 0.314 e. The van der Waals surface area contributed by atoms with Crippen molar-refractivity contribution in [1.29, 1.82) is 0 Å². The first-order valence-electron chi connectivity index (χ1n) is 3.66. The molecule has 0 fully saturated rings. The van der Waals surface area contributed by atoms with Crippen molar-refractivity contribution in [2.45, 2.75) is 19.4 Å². The molecule has 12 heavy (non-hydrogen) atoms. The van der Waals surface area contributed by atoms with Gasteiger partial charge in [-0.2, -0.15) is 0 Å². The van der Waals surface area contributed by atoms with Crippen LogP contribution in [0.15, 0.2) is 0 Å². The zero-order valence-electron chi connectivity index (χ0n) is 7.43. The average Bonchev–Trinajstić information content (AvgIpc) is 1.98. The van der Waals surface area contributed by atoms with E-state index in [0.717, 1.165) is 0 Å². The van der Waals surface area contributed by atoms with E-state index in [1.54, 1.807) is 21.0 Å². The Labute approximate surface area is 76.9 Å². The SMILES string of the molecule is CCC(NC(=O)Cl)C(=O)N(C)C. The van der Waals surface area contributed by atoms with Gasteiger partial charge >= 0.3 is 5.37 Å². The number of rotatable bonds is 3. The molecule has 0 heterocycles. The Morgan fingerprint density at radius 1 is 1.50 bits per heavy atom. The fourth-order valence-corrected chi connectivity index (χ4v) is 0.919. The molecule has 1 atom stereocenters. The highest BCUT2D eigenvalue weighted by Gasteiger charge is 2.18. The summed E-state index contributed by atoms with van der Waals surface area (Å²) in [7, 11) is 3.26. The molecule has 0 saturated carbocycles. The molecule has 0 aliphatic heterocycles. The lowest BCUT2D eigenvalue weighted by molar-refractivity contribution is -0.130. The zero-order chi connectivity index (χ0) is 9.72. The highest BCUT2D eigenvalue weighted by Crippen LogP contribution is 1.96. The van der Waals surface area contributed by atoms with E-state index in [0.29, 0.717) is 6.42 Å². The van der Waals surface area contributed by atoms with Crippen molar-refractivity contribution in [2.24, 2.45) is 0 Å². The molecule has 0 spiro atoms. The van der Waals surface area contributed by atoms with Crippen molar-refractivity contribution in [3.8, 4) is 0 Å². The number of carbonyl (C=O) groups excluding carboxylic acids is 2. The Morgan fingerprint density at radius 2 is 2.00 bits per heavy atom. The molecule has 0 bridgehead atoms. The minimum Gasteiger partial charge on any atom is -0.347 e. The summed E-state index contributed by atoms with van der Waals surface area (Å²) in [4.78, 5) is 23.1. The summed E-state index contributed by atoms with van der Waals surface area (Å²) in [5.41, 5.74) is 0. The fraction of sp³-hybridized carbons (Fsp3) is 0.714. The predicted octanol–water partition coefficient (Wildman–Crippen LogP) is 0.802. The third-order valence-electron chi connectivity index (χ3n) is 1.43. The summed E-state index contributed by atoms with van der Waals surface area (Å²) < 4.78 is 0. The lowest BCUT2D eigenvalue weighted by Crippen LogP contribution is -2.44. The maximum Gasteiger partial charge on any atom is 0.314 e. The Balaban J connectivity index is 4.15. The lowest BCUT2D eigenvalue weighted by atomic mass is 10.2. The second-order valence-electron chi connectivity index (χ2n) is 2.61. The summed E-state index contributed by atoms with van der Waals surface area (Å²) in [6.07, 6.45) is 0.537. The summed E-state index contributed by atoms with van der Waals surface area (Å²) in [5.74, 6) is -0.147. The minimum absolute atomic E-state index is 0.147. The van der Waals surface area contributed by atoms with Crippen LogP contribution in [0, 0.1) is 0 Å². The molecule has 0 saturated heterocycles. The van der Waals surface area contributed by atoms with E-state index >= 15 is 0 Å². The van der Waals surface area contributed by atoms with Crippen molar-refractivity contribution in [2.75, 3.05) is 14.1 Å². The van der Waals surface area contributed by atoms with E-state index in [-0.39, 0.29) is 5.91 Å². The van der Waals surface area contributed by atoms with Gasteiger partial charge in [-0.15, -0.1) is 0 Å². The van der Waals surface area contributed by atoms with Crippen LogP contribution in [0.2, 0.25) is 0 Å². The molecular formula is C7H13ClN2O2. The van der Waals surface area contributed by atoms with E-state index in [2.05, 4.69) is 5.32 Å². The van der Waals surface area contributed by atoms with Gasteiger partial charge in [0.2, 0.25) is 5.91 Å². The number of halogens is 1. The van der Waals surface area contributed by atoms with Gasteiger partial charge in [-0.3, -0.25) is 9.59 Å². The van der Waals surface area contributed by atoms with E-state index in [9.17, 15) is 9.59 Å². The monoisotopic (exact) mass is 192 g/mol. The number of nitrogens with zero attached hydrogens (tertiary/aromatic N) is 1. The highest BCUT2D eigenvalue weighted by molar-refractivity contribution is 6.63. The number of likely N-dealkylation sites (N-methyl/N-ethyl adjacent to an activating group) is 1. The van der Waals surface area contributed by atoms with Gasteiger partial charge in [-0.1, -0.05) is 6.92 Å². The van der Waals surface area contributed by atoms with Crippen molar-refractivity contribution in [1.82, 2.24) is 10.2 Å². The van der Waals surface area contributed by atoms with Crippen LogP contribution in [-0.4, -0.2) is 36.3 Å². The van der Waals surface area contributed by atoms with Crippen molar-refractivity contribution in [3.05, 3.63) is 0 Å². The number of nitrogens with one attached hydrogen (secondary N) is 1. The summed E-state index contributed by atoms with van der Waals surface area (Å²) in [6, 6.07) is -0.509. The van der Waals surface area contributed by atoms with E-state index in [1.807, 2.05) is 0 Å². The third-order valence-corrected chi connectivity index (χ3v) is 1.54. The Bertz CT molecular complexity index is 182. The summed E-state index contributed by atoms with van der Waals surface area (Å²) in [6.45, 7) is 1.80. The topological polar surface area (TPSA) is 49.4 Å². The van der Waals surface area contributed by atoms with Crippen molar-refractivity contribution < 1.29 is 9.59 Å². The Kier molecular flexibility index (Phi) is 4.66. The molecule has 0 aliphatic carbocycles. The Hall–Kier alpha value is -0.770. The quantitative estimate of drug-likeness (QED) is 0.531. The minimum atomic E-state index is -0.697. The predicted molar refractivity (Wildman–Crippen MR) is 47.2 cm³/mol. The number of amides is 2. The van der Waals surface area contributed by atoms with Gasteiger partial charge in [0.1, 0.15) is 6.04 Å². The van der Waals surface area contributed by atoms with Crippen LogP contribution in [0.1, 0.15) is 13.3 Å². The maximum atomic E-state index is 11.3. The normalized spacial score (nSPS) is 12.0. The molecule has 0 radical (unpaired) electrons. The van der Waals surface area contributed by atoms with Gasteiger partial charge in [-0.25, -0.2) is 0 Å². The molecule has 1 N–H and O–H groups in total. The van der Waals surface area contributed by atoms with Gasteiger partial charge in [0, 0.05) is 14.1 Å². The average molecular weight is 193 g/mol. The first-order valence-corrected chi connectivity index (χ1v) is 4.04. The first-order chi connectivity index (χ1) is 5.49. The van der Waals surface area contributed by atoms with E-state index in [1.165, 1.54) is 4.90 Å². The van der Waals surface area contributed by atoms with Gasteiger partial charge in [-0.05, 0) is 18.0 Å². The molecule has 70 valence electrons. The molecule has 1 unspecified atom stereocenters. The van der Waals surface area contributed by atoms with E-state index < -0.39 is 11.4 Å². The van der Waals surface area contributed by atoms with Crippen LogP contribution in [0.4, 0.5) is 4.79 Å². The molecule has 0 rings (SSSR count). The standard InChI is InChI=1S/C7H13ClN2O2/c1-4-5(9-7(8)12)6(11)10(2)3/h5H,4H2,1-3H3,(H,9,12). The maximum absolute atomic E-state index is 11.3. The second-order valence-corrected chi connectivity index (χ2v) is 2.95. The fourth-order valence-electron chi connectivity index (χ4n) is 0.787. The molecule has 0 aromatic carbocycles. The molecule has 5 heteroatoms. The molecule has 4 nitrogen and oxygen atoms in total. The Morgan fingerprint density at radius 3 is 2.25 bits per heavy atom. The zero-order valence-corrected chi connectivity index (χ0v) is 8.18. The van der Waals surface area contributed by atoms with Gasteiger partial charge in [0.15, 0.2) is 0 Å². The van der Waals surface area contributed by atoms with Crippen LogP contribution in [0.25, 0.3) is 0 Å². The highest BCUT2D eigenvalue weighted by atomic mass is 35.5. The van der Waals surface area contributed by atoms with Crippen LogP contribution in [-0.2, 0) is 4.79 Å².